The van der Waals surface area contributed by atoms with Crippen LogP contribution in [0.25, 0.3) is 0 Å². The van der Waals surface area contributed by atoms with E-state index in [-0.39, 0.29) is 21.8 Å². The molecule has 1 fully saturated rings. The first-order valence-electron chi connectivity index (χ1n) is 8.08. The van der Waals surface area contributed by atoms with E-state index in [1.54, 1.807) is 32.0 Å². The minimum Gasteiger partial charge on any atom is -0.351 e. The monoisotopic (exact) mass is 338 g/mol. The molecular formula is C17H26N2O3S. The number of piperidine rings is 1. The van der Waals surface area contributed by atoms with Gasteiger partial charge in [-0.1, -0.05) is 19.1 Å². The Morgan fingerprint density at radius 1 is 1.26 bits per heavy atom. The zero-order chi connectivity index (χ0) is 17.1. The highest BCUT2D eigenvalue weighted by molar-refractivity contribution is 7.92. The van der Waals surface area contributed by atoms with E-state index in [4.69, 9.17) is 0 Å². The minimum absolute atomic E-state index is 0.0623. The van der Waals surface area contributed by atoms with Crippen molar-refractivity contribution in [2.75, 3.05) is 19.6 Å². The Labute approximate surface area is 138 Å². The third-order valence-electron chi connectivity index (χ3n) is 4.55. The molecule has 1 saturated heterocycles. The Hall–Kier alpha value is -1.40. The average Bonchev–Trinajstić information content (AvgIpc) is 2.53. The molecular weight excluding hydrogens is 312 g/mol. The highest BCUT2D eigenvalue weighted by Crippen LogP contribution is 2.27. The molecule has 1 aromatic rings. The smallest absolute Gasteiger partial charge is 0.252 e. The second-order valence-electron chi connectivity index (χ2n) is 6.83. The summed E-state index contributed by atoms with van der Waals surface area (Å²) < 4.78 is 24.9. The topological polar surface area (TPSA) is 75.3 Å². The first-order chi connectivity index (χ1) is 10.8. The van der Waals surface area contributed by atoms with E-state index >= 15 is 0 Å². The van der Waals surface area contributed by atoms with Crippen LogP contribution in [0.2, 0.25) is 0 Å². The van der Waals surface area contributed by atoms with Gasteiger partial charge in [0.25, 0.3) is 5.91 Å². The third kappa shape index (κ3) is 4.12. The predicted octanol–water partition coefficient (Wildman–Crippen LogP) is 1.99. The van der Waals surface area contributed by atoms with Crippen LogP contribution in [0, 0.1) is 5.41 Å². The van der Waals surface area contributed by atoms with Gasteiger partial charge in [-0.05, 0) is 57.3 Å². The van der Waals surface area contributed by atoms with E-state index in [0.717, 1.165) is 25.9 Å². The summed E-state index contributed by atoms with van der Waals surface area (Å²) in [5.74, 6) is -0.315. The van der Waals surface area contributed by atoms with Crippen molar-refractivity contribution in [2.45, 2.75) is 43.8 Å². The van der Waals surface area contributed by atoms with Crippen molar-refractivity contribution in [3.05, 3.63) is 29.8 Å². The second kappa shape index (κ2) is 7.01. The summed E-state index contributed by atoms with van der Waals surface area (Å²) in [6.07, 6.45) is 2.00. The van der Waals surface area contributed by atoms with Gasteiger partial charge < -0.3 is 10.6 Å². The van der Waals surface area contributed by atoms with E-state index in [1.807, 2.05) is 0 Å². The molecule has 0 atom stereocenters. The van der Waals surface area contributed by atoms with Crippen LogP contribution in [0.1, 0.15) is 44.0 Å². The number of carbonyl (C=O) groups is 1. The van der Waals surface area contributed by atoms with Crippen LogP contribution < -0.4 is 10.6 Å². The van der Waals surface area contributed by atoms with Gasteiger partial charge >= 0.3 is 0 Å². The lowest BCUT2D eigenvalue weighted by atomic mass is 9.81. The van der Waals surface area contributed by atoms with Gasteiger partial charge in [-0.2, -0.15) is 0 Å². The molecule has 128 valence electrons. The average molecular weight is 338 g/mol. The summed E-state index contributed by atoms with van der Waals surface area (Å²) in [5.41, 5.74) is 0.297. The van der Waals surface area contributed by atoms with Crippen LogP contribution in [-0.2, 0) is 9.84 Å². The number of hydrogen-bond acceptors (Lipinski definition) is 4. The molecule has 0 unspecified atom stereocenters. The number of hydrogen-bond donors (Lipinski definition) is 2. The van der Waals surface area contributed by atoms with Crippen molar-refractivity contribution in [1.29, 1.82) is 0 Å². The SMILES string of the molecule is CC(C)S(=O)(=O)c1ccccc1C(=O)NCC1(C)CCNCC1. The number of sulfone groups is 1. The number of nitrogens with one attached hydrogen (secondary N) is 2. The molecule has 6 heteroatoms. The highest BCUT2D eigenvalue weighted by Gasteiger charge is 2.29. The quantitative estimate of drug-likeness (QED) is 0.861. The predicted molar refractivity (Wildman–Crippen MR) is 91.3 cm³/mol. The fraction of sp³-hybridized carbons (Fsp3) is 0.588. The summed E-state index contributed by atoms with van der Waals surface area (Å²) in [4.78, 5) is 12.6. The Kier molecular flexibility index (Phi) is 5.47. The van der Waals surface area contributed by atoms with Gasteiger partial charge in [-0.15, -0.1) is 0 Å². The van der Waals surface area contributed by atoms with Gasteiger partial charge in [0.2, 0.25) is 0 Å². The van der Waals surface area contributed by atoms with Gasteiger partial charge in [-0.3, -0.25) is 4.79 Å². The molecule has 0 aromatic heterocycles. The van der Waals surface area contributed by atoms with Crippen molar-refractivity contribution < 1.29 is 13.2 Å². The molecule has 23 heavy (non-hydrogen) atoms. The molecule has 1 aliphatic rings. The molecule has 0 radical (unpaired) electrons. The Morgan fingerprint density at radius 3 is 2.48 bits per heavy atom. The fourth-order valence-electron chi connectivity index (χ4n) is 2.75. The van der Waals surface area contributed by atoms with Crippen LogP contribution in [0.3, 0.4) is 0 Å². The van der Waals surface area contributed by atoms with Crippen LogP contribution >= 0.6 is 0 Å². The first kappa shape index (κ1) is 17.9. The molecule has 0 bridgehead atoms. The van der Waals surface area contributed by atoms with Gasteiger partial charge in [0.15, 0.2) is 9.84 Å². The molecule has 1 amide bonds. The number of benzene rings is 1. The largest absolute Gasteiger partial charge is 0.351 e. The molecule has 1 aliphatic heterocycles. The zero-order valence-corrected chi connectivity index (χ0v) is 14.9. The number of amides is 1. The molecule has 0 saturated carbocycles. The van der Waals surface area contributed by atoms with E-state index in [1.165, 1.54) is 6.07 Å². The zero-order valence-electron chi connectivity index (χ0n) is 14.1. The van der Waals surface area contributed by atoms with E-state index in [0.29, 0.717) is 6.54 Å². The molecule has 5 nitrogen and oxygen atoms in total. The second-order valence-corrected chi connectivity index (χ2v) is 9.31. The van der Waals surface area contributed by atoms with Crippen molar-refractivity contribution in [3.8, 4) is 0 Å². The normalized spacial score (nSPS) is 17.9. The van der Waals surface area contributed by atoms with Gasteiger partial charge in [0, 0.05) is 6.54 Å². The lowest BCUT2D eigenvalue weighted by Crippen LogP contribution is -2.43. The van der Waals surface area contributed by atoms with E-state index in [9.17, 15) is 13.2 Å². The maximum Gasteiger partial charge on any atom is 0.252 e. The minimum atomic E-state index is -3.48. The molecule has 0 spiro atoms. The van der Waals surface area contributed by atoms with Crippen molar-refractivity contribution in [3.63, 3.8) is 0 Å². The summed E-state index contributed by atoms with van der Waals surface area (Å²) in [6.45, 7) is 7.87. The molecule has 0 aliphatic carbocycles. The summed E-state index contributed by atoms with van der Waals surface area (Å²) >= 11 is 0. The van der Waals surface area contributed by atoms with Crippen LogP contribution in [0.4, 0.5) is 0 Å². The summed E-state index contributed by atoms with van der Waals surface area (Å²) in [6, 6.07) is 6.44. The van der Waals surface area contributed by atoms with Crippen molar-refractivity contribution >= 4 is 15.7 Å². The Morgan fingerprint density at radius 2 is 1.87 bits per heavy atom. The van der Waals surface area contributed by atoms with Crippen molar-refractivity contribution in [2.24, 2.45) is 5.41 Å². The Bertz CT molecular complexity index is 662. The van der Waals surface area contributed by atoms with E-state index in [2.05, 4.69) is 17.6 Å². The maximum atomic E-state index is 12.5. The lowest BCUT2D eigenvalue weighted by molar-refractivity contribution is 0.0919. The van der Waals surface area contributed by atoms with Crippen LogP contribution in [0.15, 0.2) is 29.2 Å². The fourth-order valence-corrected chi connectivity index (χ4v) is 4.00. The van der Waals surface area contributed by atoms with Crippen LogP contribution in [-0.4, -0.2) is 39.2 Å². The Balaban J connectivity index is 2.17. The van der Waals surface area contributed by atoms with Crippen molar-refractivity contribution in [1.82, 2.24) is 10.6 Å². The van der Waals surface area contributed by atoms with Gasteiger partial charge in [-0.25, -0.2) is 8.42 Å². The number of rotatable bonds is 5. The molecule has 1 aromatic carbocycles. The highest BCUT2D eigenvalue weighted by atomic mass is 32.2. The first-order valence-corrected chi connectivity index (χ1v) is 9.63. The van der Waals surface area contributed by atoms with Gasteiger partial charge in [0.1, 0.15) is 0 Å². The van der Waals surface area contributed by atoms with E-state index < -0.39 is 15.1 Å². The lowest BCUT2D eigenvalue weighted by Gasteiger charge is -2.34. The number of carbonyl (C=O) groups excluding carboxylic acids is 1. The molecule has 1 heterocycles. The third-order valence-corrected chi connectivity index (χ3v) is 6.76. The molecule has 2 rings (SSSR count). The summed E-state index contributed by atoms with van der Waals surface area (Å²) in [7, 11) is -3.48. The maximum absolute atomic E-state index is 12.5. The van der Waals surface area contributed by atoms with Gasteiger partial charge in [0.05, 0.1) is 15.7 Å². The summed E-state index contributed by atoms with van der Waals surface area (Å²) in [5, 5.41) is 5.68. The standard InChI is InChI=1S/C17H26N2O3S/c1-13(2)23(21,22)15-7-5-4-6-14(15)16(20)19-12-17(3)8-10-18-11-9-17/h4-7,13,18H,8-12H2,1-3H3,(H,19,20). The molecule has 2 N–H and O–H groups in total. The van der Waals surface area contributed by atoms with Crippen LogP contribution in [0.5, 0.6) is 0 Å².